The minimum atomic E-state index is -1.07. The van der Waals surface area contributed by atoms with Gasteiger partial charge in [-0.1, -0.05) is 11.6 Å². The van der Waals surface area contributed by atoms with Crippen LogP contribution in [0.15, 0.2) is 30.5 Å². The Morgan fingerprint density at radius 3 is 2.85 bits per heavy atom. The van der Waals surface area contributed by atoms with E-state index >= 15 is 0 Å². The van der Waals surface area contributed by atoms with E-state index in [9.17, 15) is 9.90 Å². The van der Waals surface area contributed by atoms with Crippen molar-refractivity contribution in [2.75, 3.05) is 6.61 Å². The third-order valence-electron chi connectivity index (χ3n) is 2.62. The van der Waals surface area contributed by atoms with Gasteiger partial charge in [-0.3, -0.25) is 4.79 Å². The molecular weight excluding hydrogens is 303 g/mol. The Hall–Kier alpha value is -1.40. The fourth-order valence-corrected chi connectivity index (χ4v) is 2.14. The van der Waals surface area contributed by atoms with Crippen molar-refractivity contribution < 1.29 is 14.6 Å². The first-order valence-corrected chi connectivity index (χ1v) is 6.63. The number of halogens is 2. The van der Waals surface area contributed by atoms with Gasteiger partial charge in [0.05, 0.1) is 16.3 Å². The average Bonchev–Trinajstić information content (AvgIpc) is 2.88. The molecule has 2 aromatic rings. The van der Waals surface area contributed by atoms with Crippen LogP contribution in [0, 0.1) is 0 Å². The van der Waals surface area contributed by atoms with Crippen LogP contribution in [-0.4, -0.2) is 26.7 Å². The molecule has 0 fully saturated rings. The quantitative estimate of drug-likeness (QED) is 0.680. The smallest absolute Gasteiger partial charge is 0.253 e. The standard InChI is InChI=1S/C13H12Cl2N2O3/c1-2-20-13(19)11-5-6-17(16-11)8-3-4-9(12(15)18)10(14)7-8/h3-7,13,19H,2H2,1H3. The van der Waals surface area contributed by atoms with Gasteiger partial charge in [0, 0.05) is 12.8 Å². The van der Waals surface area contributed by atoms with Crippen LogP contribution >= 0.6 is 23.2 Å². The summed E-state index contributed by atoms with van der Waals surface area (Å²) in [6.07, 6.45) is 0.589. The molecule has 0 aliphatic rings. The van der Waals surface area contributed by atoms with E-state index in [2.05, 4.69) is 5.10 Å². The highest BCUT2D eigenvalue weighted by Gasteiger charge is 2.13. The number of hydrogen-bond donors (Lipinski definition) is 1. The van der Waals surface area contributed by atoms with Crippen LogP contribution in [0.2, 0.25) is 5.02 Å². The lowest BCUT2D eigenvalue weighted by Gasteiger charge is -2.07. The lowest BCUT2D eigenvalue weighted by atomic mass is 10.2. The van der Waals surface area contributed by atoms with Crippen molar-refractivity contribution >= 4 is 28.4 Å². The number of nitrogens with zero attached hydrogens (tertiary/aromatic N) is 2. The fourth-order valence-electron chi connectivity index (χ4n) is 1.66. The molecule has 0 bridgehead atoms. The van der Waals surface area contributed by atoms with Gasteiger partial charge in [-0.15, -0.1) is 0 Å². The van der Waals surface area contributed by atoms with Gasteiger partial charge in [0.25, 0.3) is 5.24 Å². The fraction of sp³-hybridized carbons (Fsp3) is 0.231. The molecule has 0 amide bonds. The highest BCUT2D eigenvalue weighted by molar-refractivity contribution is 6.68. The van der Waals surface area contributed by atoms with Gasteiger partial charge in [0.2, 0.25) is 0 Å². The predicted octanol–water partition coefficient (Wildman–Crippen LogP) is 2.93. The van der Waals surface area contributed by atoms with Crippen LogP contribution in [0.5, 0.6) is 0 Å². The summed E-state index contributed by atoms with van der Waals surface area (Å²) in [5.41, 5.74) is 1.27. The molecule has 0 saturated heterocycles. The summed E-state index contributed by atoms with van der Waals surface area (Å²) < 4.78 is 6.56. The van der Waals surface area contributed by atoms with Crippen LogP contribution in [0.3, 0.4) is 0 Å². The maximum Gasteiger partial charge on any atom is 0.253 e. The lowest BCUT2D eigenvalue weighted by molar-refractivity contribution is -0.101. The van der Waals surface area contributed by atoms with E-state index in [4.69, 9.17) is 27.9 Å². The first-order chi connectivity index (χ1) is 9.52. The first-order valence-electron chi connectivity index (χ1n) is 5.88. The zero-order valence-corrected chi connectivity index (χ0v) is 12.1. The SMILES string of the molecule is CCOC(O)c1ccn(-c2ccc(C(=O)Cl)c(Cl)c2)n1. The molecule has 1 aromatic carbocycles. The molecule has 0 spiro atoms. The molecule has 1 unspecified atom stereocenters. The number of hydrogen-bond acceptors (Lipinski definition) is 4. The predicted molar refractivity (Wildman–Crippen MR) is 75.3 cm³/mol. The zero-order valence-electron chi connectivity index (χ0n) is 10.6. The molecule has 0 aliphatic heterocycles. The van der Waals surface area contributed by atoms with Crippen molar-refractivity contribution in [3.63, 3.8) is 0 Å². The van der Waals surface area contributed by atoms with E-state index in [0.29, 0.717) is 18.0 Å². The molecule has 106 valence electrons. The van der Waals surface area contributed by atoms with Crippen molar-refractivity contribution in [3.8, 4) is 5.69 Å². The van der Waals surface area contributed by atoms with Crippen molar-refractivity contribution in [3.05, 3.63) is 46.7 Å². The van der Waals surface area contributed by atoms with Gasteiger partial charge in [0.1, 0.15) is 5.69 Å². The molecular formula is C13H12Cl2N2O3. The van der Waals surface area contributed by atoms with Gasteiger partial charge in [0.15, 0.2) is 6.29 Å². The zero-order chi connectivity index (χ0) is 14.7. The maximum atomic E-state index is 11.1. The second-order valence-electron chi connectivity index (χ2n) is 3.93. The summed E-state index contributed by atoms with van der Waals surface area (Å²) in [6.45, 7) is 2.16. The maximum absolute atomic E-state index is 11.1. The minimum absolute atomic E-state index is 0.235. The number of aliphatic hydroxyl groups is 1. The van der Waals surface area contributed by atoms with Gasteiger partial charge in [-0.25, -0.2) is 4.68 Å². The Balaban J connectivity index is 2.28. The van der Waals surface area contributed by atoms with E-state index < -0.39 is 11.5 Å². The highest BCUT2D eigenvalue weighted by atomic mass is 35.5. The van der Waals surface area contributed by atoms with Crippen molar-refractivity contribution in [1.82, 2.24) is 9.78 Å². The van der Waals surface area contributed by atoms with Crippen molar-refractivity contribution in [2.45, 2.75) is 13.2 Å². The second-order valence-corrected chi connectivity index (χ2v) is 4.68. The molecule has 7 heteroatoms. The van der Waals surface area contributed by atoms with E-state index in [1.54, 1.807) is 31.3 Å². The van der Waals surface area contributed by atoms with E-state index in [-0.39, 0.29) is 10.6 Å². The largest absolute Gasteiger partial charge is 0.363 e. The summed E-state index contributed by atoms with van der Waals surface area (Å²) in [4.78, 5) is 11.1. The molecule has 0 aliphatic carbocycles. The van der Waals surface area contributed by atoms with Gasteiger partial charge >= 0.3 is 0 Å². The summed E-state index contributed by atoms with van der Waals surface area (Å²) in [5, 5.41) is 13.5. The van der Waals surface area contributed by atoms with Crippen molar-refractivity contribution in [2.24, 2.45) is 0 Å². The van der Waals surface area contributed by atoms with Gasteiger partial charge < -0.3 is 9.84 Å². The summed E-state index contributed by atoms with van der Waals surface area (Å²) in [7, 11) is 0. The molecule has 1 N–H and O–H groups in total. The van der Waals surface area contributed by atoms with Gasteiger partial charge in [-0.05, 0) is 42.8 Å². The summed E-state index contributed by atoms with van der Waals surface area (Å²) >= 11 is 11.4. The first kappa shape index (κ1) is 15.0. The number of ether oxygens (including phenoxy) is 1. The number of rotatable bonds is 5. The number of benzene rings is 1. The van der Waals surface area contributed by atoms with Crippen LogP contribution in [0.1, 0.15) is 29.3 Å². The van der Waals surface area contributed by atoms with Crippen LogP contribution in [-0.2, 0) is 4.74 Å². The lowest BCUT2D eigenvalue weighted by Crippen LogP contribution is -2.05. The van der Waals surface area contributed by atoms with E-state index in [0.717, 1.165) is 0 Å². The van der Waals surface area contributed by atoms with Gasteiger partial charge in [-0.2, -0.15) is 5.10 Å². The van der Waals surface area contributed by atoms with Crippen LogP contribution in [0.25, 0.3) is 5.69 Å². The molecule has 5 nitrogen and oxygen atoms in total. The Bertz CT molecular complexity index is 628. The van der Waals surface area contributed by atoms with Crippen LogP contribution in [0.4, 0.5) is 0 Å². The summed E-state index contributed by atoms with van der Waals surface area (Å²) in [6, 6.07) is 6.38. The minimum Gasteiger partial charge on any atom is -0.363 e. The molecule has 2 rings (SSSR count). The third kappa shape index (κ3) is 3.19. The van der Waals surface area contributed by atoms with Crippen molar-refractivity contribution in [1.29, 1.82) is 0 Å². The summed E-state index contributed by atoms with van der Waals surface area (Å²) in [5.74, 6) is 0. The van der Waals surface area contributed by atoms with E-state index in [1.807, 2.05) is 0 Å². The second kappa shape index (κ2) is 6.37. The Labute approximate surface area is 125 Å². The Morgan fingerprint density at radius 1 is 1.50 bits per heavy atom. The highest BCUT2D eigenvalue weighted by Crippen LogP contribution is 2.22. The Morgan fingerprint density at radius 2 is 2.25 bits per heavy atom. The molecule has 0 radical (unpaired) electrons. The third-order valence-corrected chi connectivity index (χ3v) is 3.13. The van der Waals surface area contributed by atoms with E-state index in [1.165, 1.54) is 10.7 Å². The number of aliphatic hydroxyl groups excluding tert-OH is 1. The molecule has 1 heterocycles. The molecule has 20 heavy (non-hydrogen) atoms. The monoisotopic (exact) mass is 314 g/mol. The average molecular weight is 315 g/mol. The number of aromatic nitrogens is 2. The molecule has 0 saturated carbocycles. The molecule has 1 aromatic heterocycles. The topological polar surface area (TPSA) is 64.3 Å². The Kier molecular flexibility index (Phi) is 4.77. The number of carbonyl (C=O) groups is 1. The molecule has 1 atom stereocenters. The normalized spacial score (nSPS) is 12.4. The number of carbonyl (C=O) groups excluding carboxylic acids is 1. The van der Waals surface area contributed by atoms with Crippen LogP contribution < -0.4 is 0 Å².